The van der Waals surface area contributed by atoms with Crippen LogP contribution in [0.5, 0.6) is 0 Å². The molecular formula is C12H14F4O. The Morgan fingerprint density at radius 3 is 2.41 bits per heavy atom. The van der Waals surface area contributed by atoms with E-state index in [1.165, 1.54) is 6.07 Å². The quantitative estimate of drug-likeness (QED) is 0.810. The van der Waals surface area contributed by atoms with Gasteiger partial charge in [-0.2, -0.15) is 13.2 Å². The Balaban J connectivity index is 2.76. The van der Waals surface area contributed by atoms with Crippen LogP contribution >= 0.6 is 0 Å². The molecule has 0 aliphatic heterocycles. The molecule has 1 nitrogen and oxygen atoms in total. The van der Waals surface area contributed by atoms with E-state index in [0.717, 1.165) is 12.1 Å². The molecule has 0 aliphatic carbocycles. The van der Waals surface area contributed by atoms with Gasteiger partial charge in [-0.05, 0) is 37.0 Å². The Bertz CT molecular complexity index is 373. The van der Waals surface area contributed by atoms with Crippen LogP contribution in [0.25, 0.3) is 0 Å². The molecule has 0 bridgehead atoms. The summed E-state index contributed by atoms with van der Waals surface area (Å²) in [6, 6.07) is 2.86. The third-order valence-electron chi connectivity index (χ3n) is 2.58. The highest BCUT2D eigenvalue weighted by Crippen LogP contribution is 2.31. The van der Waals surface area contributed by atoms with Crippen molar-refractivity contribution in [1.29, 1.82) is 0 Å². The minimum Gasteiger partial charge on any atom is -0.393 e. The van der Waals surface area contributed by atoms with Gasteiger partial charge in [0.2, 0.25) is 0 Å². The molecule has 96 valence electrons. The highest BCUT2D eigenvalue weighted by Gasteiger charge is 2.33. The number of rotatable bonds is 4. The first kappa shape index (κ1) is 14.0. The molecule has 5 heteroatoms. The SMILES string of the molecule is CCC(O)CCc1ccc(C(F)(F)F)c(F)c1. The Labute approximate surface area is 97.1 Å². The number of aliphatic hydroxyl groups excluding tert-OH is 1. The van der Waals surface area contributed by atoms with Crippen LogP contribution in [0, 0.1) is 5.82 Å². The second-order valence-corrected chi connectivity index (χ2v) is 3.91. The normalized spacial score (nSPS) is 13.8. The zero-order valence-corrected chi connectivity index (χ0v) is 9.39. The van der Waals surface area contributed by atoms with E-state index < -0.39 is 23.7 Å². The lowest BCUT2D eigenvalue weighted by Crippen LogP contribution is -2.09. The zero-order chi connectivity index (χ0) is 13.1. The topological polar surface area (TPSA) is 20.2 Å². The highest BCUT2D eigenvalue weighted by atomic mass is 19.4. The van der Waals surface area contributed by atoms with Gasteiger partial charge in [0.15, 0.2) is 0 Å². The van der Waals surface area contributed by atoms with Gasteiger partial charge in [0, 0.05) is 0 Å². The third kappa shape index (κ3) is 4.00. The van der Waals surface area contributed by atoms with Crippen LogP contribution in [0.3, 0.4) is 0 Å². The second kappa shape index (κ2) is 5.49. The van der Waals surface area contributed by atoms with Crippen molar-refractivity contribution < 1.29 is 22.7 Å². The first-order valence-electron chi connectivity index (χ1n) is 5.38. The van der Waals surface area contributed by atoms with Crippen molar-refractivity contribution in [3.8, 4) is 0 Å². The number of halogens is 4. The van der Waals surface area contributed by atoms with Crippen molar-refractivity contribution in [1.82, 2.24) is 0 Å². The Kier molecular flexibility index (Phi) is 4.51. The molecule has 17 heavy (non-hydrogen) atoms. The van der Waals surface area contributed by atoms with E-state index in [0.29, 0.717) is 24.8 Å². The molecule has 0 saturated carbocycles. The van der Waals surface area contributed by atoms with Gasteiger partial charge in [-0.1, -0.05) is 13.0 Å². The molecule has 0 aromatic heterocycles. The van der Waals surface area contributed by atoms with Gasteiger partial charge in [-0.25, -0.2) is 4.39 Å². The first-order chi connectivity index (χ1) is 7.84. The first-order valence-corrected chi connectivity index (χ1v) is 5.38. The lowest BCUT2D eigenvalue weighted by Gasteiger charge is -2.10. The number of aliphatic hydroxyl groups is 1. The van der Waals surface area contributed by atoms with Gasteiger partial charge >= 0.3 is 6.18 Å². The average molecular weight is 250 g/mol. The van der Waals surface area contributed by atoms with Gasteiger partial charge in [0.25, 0.3) is 0 Å². The van der Waals surface area contributed by atoms with E-state index in [1.807, 2.05) is 0 Å². The van der Waals surface area contributed by atoms with Crippen molar-refractivity contribution in [2.45, 2.75) is 38.5 Å². The van der Waals surface area contributed by atoms with Crippen molar-refractivity contribution >= 4 is 0 Å². The molecular weight excluding hydrogens is 236 g/mol. The van der Waals surface area contributed by atoms with E-state index in [1.54, 1.807) is 6.92 Å². The van der Waals surface area contributed by atoms with Gasteiger partial charge in [0.1, 0.15) is 5.82 Å². The van der Waals surface area contributed by atoms with Gasteiger partial charge in [-0.15, -0.1) is 0 Å². The number of aryl methyl sites for hydroxylation is 1. The molecule has 0 radical (unpaired) electrons. The van der Waals surface area contributed by atoms with E-state index in [4.69, 9.17) is 0 Å². The molecule has 1 rings (SSSR count). The summed E-state index contributed by atoms with van der Waals surface area (Å²) < 4.78 is 50.0. The van der Waals surface area contributed by atoms with Crippen LogP contribution in [0.1, 0.15) is 30.9 Å². The van der Waals surface area contributed by atoms with E-state index in [2.05, 4.69) is 0 Å². The molecule has 1 unspecified atom stereocenters. The van der Waals surface area contributed by atoms with Crippen LogP contribution in [0.15, 0.2) is 18.2 Å². The summed E-state index contributed by atoms with van der Waals surface area (Å²) in [6.45, 7) is 1.80. The van der Waals surface area contributed by atoms with E-state index in [-0.39, 0.29) is 0 Å². The summed E-state index contributed by atoms with van der Waals surface area (Å²) in [6.07, 6.45) is -3.81. The number of hydrogen-bond acceptors (Lipinski definition) is 1. The molecule has 1 atom stereocenters. The van der Waals surface area contributed by atoms with Crippen molar-refractivity contribution in [3.63, 3.8) is 0 Å². The zero-order valence-electron chi connectivity index (χ0n) is 9.39. The minimum absolute atomic E-state index is 0.365. The van der Waals surface area contributed by atoms with E-state index >= 15 is 0 Å². The summed E-state index contributed by atoms with van der Waals surface area (Å²) in [5.41, 5.74) is -0.791. The Morgan fingerprint density at radius 2 is 1.94 bits per heavy atom. The van der Waals surface area contributed by atoms with Crippen LogP contribution in [0.4, 0.5) is 17.6 Å². The van der Waals surface area contributed by atoms with Crippen LogP contribution in [0.2, 0.25) is 0 Å². The summed E-state index contributed by atoms with van der Waals surface area (Å²) in [7, 11) is 0. The molecule has 1 N–H and O–H groups in total. The second-order valence-electron chi connectivity index (χ2n) is 3.91. The molecule has 1 aromatic rings. The molecule has 0 aliphatic rings. The predicted molar refractivity (Wildman–Crippen MR) is 56.0 cm³/mol. The van der Waals surface area contributed by atoms with Crippen molar-refractivity contribution in [3.05, 3.63) is 35.1 Å². The maximum atomic E-state index is 13.2. The summed E-state index contributed by atoms with van der Waals surface area (Å²) in [5, 5.41) is 9.30. The van der Waals surface area contributed by atoms with E-state index in [9.17, 15) is 22.7 Å². The Hall–Kier alpha value is -1.10. The maximum Gasteiger partial charge on any atom is 0.419 e. The molecule has 0 saturated heterocycles. The summed E-state index contributed by atoms with van der Waals surface area (Å²) in [4.78, 5) is 0. The van der Waals surface area contributed by atoms with Gasteiger partial charge in [-0.3, -0.25) is 0 Å². The fourth-order valence-electron chi connectivity index (χ4n) is 1.48. The predicted octanol–water partition coefficient (Wildman–Crippen LogP) is 3.55. The van der Waals surface area contributed by atoms with Crippen LogP contribution in [-0.2, 0) is 12.6 Å². The highest BCUT2D eigenvalue weighted by molar-refractivity contribution is 5.26. The lowest BCUT2D eigenvalue weighted by molar-refractivity contribution is -0.140. The minimum atomic E-state index is -4.66. The monoisotopic (exact) mass is 250 g/mol. The van der Waals surface area contributed by atoms with Gasteiger partial charge < -0.3 is 5.11 Å². The molecule has 1 aromatic carbocycles. The van der Waals surface area contributed by atoms with Crippen LogP contribution < -0.4 is 0 Å². The maximum absolute atomic E-state index is 13.2. The summed E-state index contributed by atoms with van der Waals surface area (Å²) in [5.74, 6) is -1.26. The fourth-order valence-corrected chi connectivity index (χ4v) is 1.48. The fraction of sp³-hybridized carbons (Fsp3) is 0.500. The van der Waals surface area contributed by atoms with Crippen molar-refractivity contribution in [2.75, 3.05) is 0 Å². The Morgan fingerprint density at radius 1 is 1.29 bits per heavy atom. The summed E-state index contributed by atoms with van der Waals surface area (Å²) >= 11 is 0. The third-order valence-corrected chi connectivity index (χ3v) is 2.58. The molecule has 0 spiro atoms. The average Bonchev–Trinajstić information content (AvgIpc) is 2.24. The molecule has 0 fully saturated rings. The van der Waals surface area contributed by atoms with Crippen LogP contribution in [-0.4, -0.2) is 11.2 Å². The largest absolute Gasteiger partial charge is 0.419 e. The number of hydrogen-bond donors (Lipinski definition) is 1. The smallest absolute Gasteiger partial charge is 0.393 e. The lowest BCUT2D eigenvalue weighted by atomic mass is 10.0. The molecule has 0 amide bonds. The molecule has 0 heterocycles. The number of benzene rings is 1. The number of alkyl halides is 3. The van der Waals surface area contributed by atoms with Gasteiger partial charge in [0.05, 0.1) is 11.7 Å². The standard InChI is InChI=1S/C12H14F4O/c1-2-9(17)5-3-8-4-6-10(11(13)7-8)12(14,15)16/h4,6-7,9,17H,2-3,5H2,1H3. The van der Waals surface area contributed by atoms with Crippen molar-refractivity contribution in [2.24, 2.45) is 0 Å².